The van der Waals surface area contributed by atoms with E-state index in [1.54, 1.807) is 13.0 Å². The molecule has 0 radical (unpaired) electrons. The summed E-state index contributed by atoms with van der Waals surface area (Å²) in [6.07, 6.45) is 0.596. The van der Waals surface area contributed by atoms with Crippen LogP contribution in [0.2, 0.25) is 0 Å². The molecular formula is C21H25N3O4. The molecular weight excluding hydrogens is 358 g/mol. The van der Waals surface area contributed by atoms with Crippen molar-refractivity contribution < 1.29 is 18.7 Å². The van der Waals surface area contributed by atoms with Crippen molar-refractivity contribution in [2.45, 2.75) is 39.7 Å². The summed E-state index contributed by atoms with van der Waals surface area (Å²) < 4.78 is 11.0. The summed E-state index contributed by atoms with van der Waals surface area (Å²) in [6.45, 7) is 6.41. The van der Waals surface area contributed by atoms with Gasteiger partial charge in [-0.15, -0.1) is 0 Å². The van der Waals surface area contributed by atoms with Gasteiger partial charge in [-0.25, -0.2) is 4.98 Å². The van der Waals surface area contributed by atoms with Crippen molar-refractivity contribution in [3.8, 4) is 17.5 Å². The Bertz CT molecular complexity index is 837. The molecule has 2 aromatic rings. The van der Waals surface area contributed by atoms with E-state index in [0.717, 1.165) is 5.56 Å². The van der Waals surface area contributed by atoms with Crippen LogP contribution in [0.3, 0.4) is 0 Å². The first-order chi connectivity index (χ1) is 13.4. The highest BCUT2D eigenvalue weighted by molar-refractivity contribution is 6.04. The van der Waals surface area contributed by atoms with E-state index < -0.39 is 17.6 Å². The molecule has 1 amide bonds. The highest BCUT2D eigenvalue weighted by Crippen LogP contribution is 2.22. The maximum Gasteiger partial charge on any atom is 0.245 e. The second-order valence-electron chi connectivity index (χ2n) is 6.66. The first kappa shape index (κ1) is 21.3. The fourth-order valence-electron chi connectivity index (χ4n) is 2.55. The number of nitrogens with zero attached hydrogens (tertiary/aromatic N) is 2. The molecule has 1 heterocycles. The van der Waals surface area contributed by atoms with Crippen LogP contribution in [0.5, 0.6) is 0 Å². The molecule has 0 aliphatic heterocycles. The van der Waals surface area contributed by atoms with Gasteiger partial charge in [0.2, 0.25) is 11.8 Å². The Morgan fingerprint density at radius 3 is 2.64 bits per heavy atom. The second-order valence-corrected chi connectivity index (χ2v) is 6.66. The van der Waals surface area contributed by atoms with E-state index in [1.807, 2.05) is 44.2 Å². The van der Waals surface area contributed by atoms with Crippen LogP contribution >= 0.6 is 0 Å². The van der Waals surface area contributed by atoms with Gasteiger partial charge in [0.25, 0.3) is 0 Å². The minimum absolute atomic E-state index is 0.121. The molecule has 0 aliphatic rings. The van der Waals surface area contributed by atoms with Gasteiger partial charge in [0.15, 0.2) is 11.7 Å². The highest BCUT2D eigenvalue weighted by atomic mass is 16.5. The van der Waals surface area contributed by atoms with E-state index in [1.165, 1.54) is 0 Å². The number of carbonyl (C=O) groups excluding carboxylic acids is 2. The van der Waals surface area contributed by atoms with Crippen molar-refractivity contribution in [2.24, 2.45) is 5.92 Å². The molecule has 2 rings (SSSR count). The van der Waals surface area contributed by atoms with Crippen molar-refractivity contribution in [3.05, 3.63) is 41.8 Å². The zero-order valence-corrected chi connectivity index (χ0v) is 16.4. The normalized spacial score (nSPS) is 11.8. The van der Waals surface area contributed by atoms with Crippen LogP contribution in [-0.4, -0.2) is 35.9 Å². The number of ketones is 1. The first-order valence-electron chi connectivity index (χ1n) is 9.25. The van der Waals surface area contributed by atoms with Gasteiger partial charge in [-0.1, -0.05) is 18.2 Å². The zero-order valence-electron chi connectivity index (χ0n) is 16.4. The van der Waals surface area contributed by atoms with Gasteiger partial charge in [-0.3, -0.25) is 9.59 Å². The third kappa shape index (κ3) is 6.03. The molecule has 1 aromatic heterocycles. The molecule has 1 aromatic carbocycles. The number of rotatable bonds is 10. The van der Waals surface area contributed by atoms with Crippen molar-refractivity contribution in [1.29, 1.82) is 5.26 Å². The van der Waals surface area contributed by atoms with Crippen LogP contribution in [0.4, 0.5) is 0 Å². The molecule has 148 valence electrons. The fourth-order valence-corrected chi connectivity index (χ4v) is 2.55. The molecule has 1 unspecified atom stereocenters. The largest absolute Gasteiger partial charge is 0.441 e. The predicted octanol–water partition coefficient (Wildman–Crippen LogP) is 2.83. The van der Waals surface area contributed by atoms with E-state index in [-0.39, 0.29) is 12.5 Å². The average Bonchev–Trinajstić information content (AvgIpc) is 3.03. The number of oxazole rings is 1. The average molecular weight is 383 g/mol. The number of carbonyl (C=O) groups is 2. The van der Waals surface area contributed by atoms with Crippen LogP contribution in [0, 0.1) is 24.2 Å². The summed E-state index contributed by atoms with van der Waals surface area (Å²) >= 11 is 0. The Hall–Kier alpha value is -2.98. The van der Waals surface area contributed by atoms with Crippen LogP contribution in [0.25, 0.3) is 11.5 Å². The van der Waals surface area contributed by atoms with Crippen LogP contribution in [0.15, 0.2) is 34.7 Å². The van der Waals surface area contributed by atoms with Gasteiger partial charge < -0.3 is 14.5 Å². The number of aromatic nitrogens is 1. The molecule has 28 heavy (non-hydrogen) atoms. The number of amides is 1. The van der Waals surface area contributed by atoms with E-state index in [2.05, 4.69) is 10.3 Å². The zero-order chi connectivity index (χ0) is 20.5. The monoisotopic (exact) mass is 383 g/mol. The van der Waals surface area contributed by atoms with E-state index in [9.17, 15) is 14.9 Å². The molecule has 0 saturated carbocycles. The quantitative estimate of drug-likeness (QED) is 0.500. The minimum Gasteiger partial charge on any atom is -0.441 e. The standard InChI is InChI=1S/C21H25N3O4/c1-14(2)27-11-7-10-23-20(26)17(13-22)19(25)12-18-15(3)28-21(24-18)16-8-5-4-6-9-16/h4-6,8-9,14,17H,7,10-12H2,1-3H3,(H,23,26). The number of ether oxygens (including phenoxy) is 1. The summed E-state index contributed by atoms with van der Waals surface area (Å²) in [4.78, 5) is 29.0. The molecule has 1 atom stereocenters. The number of benzene rings is 1. The van der Waals surface area contributed by atoms with E-state index in [0.29, 0.717) is 36.9 Å². The first-order valence-corrected chi connectivity index (χ1v) is 9.25. The summed E-state index contributed by atoms with van der Waals surface area (Å²) in [6, 6.07) is 11.1. The Balaban J connectivity index is 1.94. The Labute approximate surface area is 164 Å². The fraction of sp³-hybridized carbons (Fsp3) is 0.429. The smallest absolute Gasteiger partial charge is 0.245 e. The lowest BCUT2D eigenvalue weighted by molar-refractivity contribution is -0.131. The number of hydrogen-bond acceptors (Lipinski definition) is 6. The van der Waals surface area contributed by atoms with Gasteiger partial charge in [-0.2, -0.15) is 5.26 Å². The van der Waals surface area contributed by atoms with Gasteiger partial charge in [0.05, 0.1) is 24.3 Å². The lowest BCUT2D eigenvalue weighted by atomic mass is 10.0. The summed E-state index contributed by atoms with van der Waals surface area (Å²) in [5, 5.41) is 11.9. The second kappa shape index (κ2) is 10.4. The molecule has 0 bridgehead atoms. The Morgan fingerprint density at radius 2 is 2.00 bits per heavy atom. The third-order valence-electron chi connectivity index (χ3n) is 4.04. The minimum atomic E-state index is -1.37. The topological polar surface area (TPSA) is 105 Å². The van der Waals surface area contributed by atoms with Crippen LogP contribution in [-0.2, 0) is 20.7 Å². The van der Waals surface area contributed by atoms with Crippen molar-refractivity contribution in [1.82, 2.24) is 10.3 Å². The number of nitriles is 1. The van der Waals surface area contributed by atoms with Crippen LogP contribution in [0.1, 0.15) is 31.7 Å². The molecule has 0 fully saturated rings. The van der Waals surface area contributed by atoms with Crippen molar-refractivity contribution in [3.63, 3.8) is 0 Å². The van der Waals surface area contributed by atoms with Gasteiger partial charge >= 0.3 is 0 Å². The number of hydrogen-bond donors (Lipinski definition) is 1. The van der Waals surface area contributed by atoms with Gasteiger partial charge in [0, 0.05) is 18.7 Å². The van der Waals surface area contributed by atoms with E-state index in [4.69, 9.17) is 9.15 Å². The number of nitrogens with one attached hydrogen (secondary N) is 1. The molecule has 7 heteroatoms. The predicted molar refractivity (Wildman–Crippen MR) is 103 cm³/mol. The maximum absolute atomic E-state index is 12.5. The van der Waals surface area contributed by atoms with Crippen LogP contribution < -0.4 is 5.32 Å². The SMILES string of the molecule is Cc1oc(-c2ccccc2)nc1CC(=O)C(C#N)C(=O)NCCCOC(C)C. The number of Topliss-reactive ketones (excluding diaryl/α,β-unsaturated/α-hetero) is 1. The molecule has 0 spiro atoms. The lowest BCUT2D eigenvalue weighted by Gasteiger charge is -2.10. The Morgan fingerprint density at radius 1 is 1.29 bits per heavy atom. The highest BCUT2D eigenvalue weighted by Gasteiger charge is 2.27. The third-order valence-corrected chi connectivity index (χ3v) is 4.04. The maximum atomic E-state index is 12.5. The van der Waals surface area contributed by atoms with Gasteiger partial charge in [0.1, 0.15) is 5.76 Å². The van der Waals surface area contributed by atoms with E-state index >= 15 is 0 Å². The molecule has 0 saturated heterocycles. The molecule has 0 aliphatic carbocycles. The summed E-state index contributed by atoms with van der Waals surface area (Å²) in [5.41, 5.74) is 1.23. The summed E-state index contributed by atoms with van der Waals surface area (Å²) in [7, 11) is 0. The summed E-state index contributed by atoms with van der Waals surface area (Å²) in [5.74, 6) is -1.57. The van der Waals surface area contributed by atoms with Crippen molar-refractivity contribution in [2.75, 3.05) is 13.2 Å². The van der Waals surface area contributed by atoms with Gasteiger partial charge in [-0.05, 0) is 39.3 Å². The van der Waals surface area contributed by atoms with Crippen molar-refractivity contribution >= 4 is 11.7 Å². The number of aryl methyl sites for hydroxylation is 1. The lowest BCUT2D eigenvalue weighted by Crippen LogP contribution is -2.36. The molecule has 7 nitrogen and oxygen atoms in total. The molecule has 1 N–H and O–H groups in total. The Kier molecular flexibility index (Phi) is 7.90.